The average Bonchev–Trinajstić information content (AvgIpc) is 3.15. The quantitative estimate of drug-likeness (QED) is 0.608. The first-order valence-corrected chi connectivity index (χ1v) is 10.6. The monoisotopic (exact) mass is 356 g/mol. The van der Waals surface area contributed by atoms with Crippen molar-refractivity contribution in [2.75, 3.05) is 7.11 Å². The summed E-state index contributed by atoms with van der Waals surface area (Å²) in [6.45, 7) is 4.95. The number of carbonyl (C=O) groups excluding carboxylic acids is 1. The van der Waals surface area contributed by atoms with E-state index in [1.807, 2.05) is 0 Å². The number of ether oxygens (including phenoxy) is 2. The molecule has 6 atom stereocenters. The third-order valence-electron chi connectivity index (χ3n) is 9.33. The minimum Gasteiger partial charge on any atom is -0.501 e. The second-order valence-corrected chi connectivity index (χ2v) is 9.97. The van der Waals surface area contributed by atoms with Gasteiger partial charge in [0, 0.05) is 18.3 Å². The fraction of sp³-hybridized carbons (Fsp3) is 0.783. The number of fused-ring (bicyclic) bond motifs is 6. The molecule has 0 amide bonds. The smallest absolute Gasteiger partial charge is 0.306 e. The SMILES string of the molecule is COC1=CC2=CC[C@@H]3C(CC[C@@]4(C)C3CC[C@@]43CCC(=O)O3)[C@@]2(C)CC1. The molecule has 2 saturated carbocycles. The number of rotatable bonds is 1. The maximum atomic E-state index is 12.0. The molecule has 1 spiro atoms. The highest BCUT2D eigenvalue weighted by Crippen LogP contribution is 2.69. The predicted octanol–water partition coefficient (Wildman–Crippen LogP) is 5.17. The third kappa shape index (κ3) is 1.98. The van der Waals surface area contributed by atoms with E-state index in [1.54, 1.807) is 7.11 Å². The van der Waals surface area contributed by atoms with Crippen LogP contribution in [0.15, 0.2) is 23.5 Å². The Kier molecular flexibility index (Phi) is 3.50. The van der Waals surface area contributed by atoms with E-state index in [4.69, 9.17) is 9.47 Å². The van der Waals surface area contributed by atoms with Gasteiger partial charge in [0.1, 0.15) is 5.60 Å². The van der Waals surface area contributed by atoms with Crippen molar-refractivity contribution in [2.24, 2.45) is 28.6 Å². The molecule has 0 aromatic rings. The third-order valence-corrected chi connectivity index (χ3v) is 9.33. The zero-order valence-corrected chi connectivity index (χ0v) is 16.5. The van der Waals surface area contributed by atoms with Crippen LogP contribution in [-0.4, -0.2) is 18.7 Å². The second kappa shape index (κ2) is 5.39. The molecule has 0 aromatic heterocycles. The Balaban J connectivity index is 1.49. The maximum Gasteiger partial charge on any atom is 0.306 e. The van der Waals surface area contributed by atoms with Crippen molar-refractivity contribution in [3.63, 3.8) is 0 Å². The molecule has 3 nitrogen and oxygen atoms in total. The lowest BCUT2D eigenvalue weighted by Crippen LogP contribution is -2.54. The lowest BCUT2D eigenvalue weighted by Gasteiger charge is -2.58. The van der Waals surface area contributed by atoms with Crippen LogP contribution >= 0.6 is 0 Å². The molecule has 0 bridgehead atoms. The van der Waals surface area contributed by atoms with Crippen LogP contribution in [0.1, 0.15) is 71.6 Å². The molecule has 0 N–H and O–H groups in total. The number of methoxy groups -OCH3 is 1. The summed E-state index contributed by atoms with van der Waals surface area (Å²) in [4.78, 5) is 12.0. The summed E-state index contributed by atoms with van der Waals surface area (Å²) in [7, 11) is 1.80. The van der Waals surface area contributed by atoms with E-state index in [9.17, 15) is 4.79 Å². The highest BCUT2D eigenvalue weighted by molar-refractivity contribution is 5.72. The Morgan fingerprint density at radius 1 is 1.08 bits per heavy atom. The van der Waals surface area contributed by atoms with Crippen LogP contribution in [0.2, 0.25) is 0 Å². The van der Waals surface area contributed by atoms with Gasteiger partial charge in [-0.3, -0.25) is 4.79 Å². The van der Waals surface area contributed by atoms with Gasteiger partial charge in [-0.15, -0.1) is 0 Å². The van der Waals surface area contributed by atoms with Crippen LogP contribution in [-0.2, 0) is 14.3 Å². The van der Waals surface area contributed by atoms with Crippen LogP contribution in [0.5, 0.6) is 0 Å². The van der Waals surface area contributed by atoms with Crippen molar-refractivity contribution in [1.29, 1.82) is 0 Å². The van der Waals surface area contributed by atoms with Gasteiger partial charge in [0.2, 0.25) is 0 Å². The Hall–Kier alpha value is -1.25. The summed E-state index contributed by atoms with van der Waals surface area (Å²) in [5, 5.41) is 0. The van der Waals surface area contributed by atoms with E-state index < -0.39 is 0 Å². The molecule has 5 aliphatic rings. The van der Waals surface area contributed by atoms with Crippen LogP contribution in [0, 0.1) is 28.6 Å². The van der Waals surface area contributed by atoms with Crippen molar-refractivity contribution >= 4 is 5.97 Å². The predicted molar refractivity (Wildman–Crippen MR) is 100 cm³/mol. The maximum absolute atomic E-state index is 12.0. The van der Waals surface area contributed by atoms with Gasteiger partial charge in [-0.25, -0.2) is 0 Å². The summed E-state index contributed by atoms with van der Waals surface area (Å²) in [6.07, 6.45) is 14.7. The van der Waals surface area contributed by atoms with Gasteiger partial charge >= 0.3 is 5.97 Å². The normalized spacial score (nSPS) is 49.7. The molecule has 5 rings (SSSR count). The van der Waals surface area contributed by atoms with Gasteiger partial charge < -0.3 is 9.47 Å². The van der Waals surface area contributed by atoms with Crippen molar-refractivity contribution < 1.29 is 14.3 Å². The fourth-order valence-corrected chi connectivity index (χ4v) is 7.76. The molecule has 1 saturated heterocycles. The zero-order chi connectivity index (χ0) is 18.2. The molecule has 1 heterocycles. The topological polar surface area (TPSA) is 35.5 Å². The molecule has 0 radical (unpaired) electrons. The number of hydrogen-bond acceptors (Lipinski definition) is 3. The first-order valence-electron chi connectivity index (χ1n) is 10.6. The van der Waals surface area contributed by atoms with Crippen molar-refractivity contribution in [2.45, 2.75) is 77.2 Å². The average molecular weight is 357 g/mol. The Labute approximate surface area is 157 Å². The van der Waals surface area contributed by atoms with Gasteiger partial charge in [-0.2, -0.15) is 0 Å². The van der Waals surface area contributed by atoms with Crippen LogP contribution in [0.25, 0.3) is 0 Å². The summed E-state index contributed by atoms with van der Waals surface area (Å²) in [5.74, 6) is 3.40. The van der Waals surface area contributed by atoms with Gasteiger partial charge in [0.15, 0.2) is 0 Å². The zero-order valence-electron chi connectivity index (χ0n) is 16.5. The molecule has 3 fully saturated rings. The van der Waals surface area contributed by atoms with Crippen molar-refractivity contribution in [1.82, 2.24) is 0 Å². The van der Waals surface area contributed by atoms with Gasteiger partial charge in [-0.1, -0.05) is 19.9 Å². The van der Waals surface area contributed by atoms with Gasteiger partial charge in [0.25, 0.3) is 0 Å². The van der Waals surface area contributed by atoms with Crippen LogP contribution < -0.4 is 0 Å². The standard InChI is InChI=1S/C23H32O3/c1-21-10-6-16(25-3)14-15(21)4-5-17-18(21)7-11-22(2)19(17)8-12-23(22)13-9-20(24)26-23/h4,14,17-19H,5-13H2,1-3H3/t17-,18?,19?,21+,22+,23-/m1/s1. The van der Waals surface area contributed by atoms with E-state index in [2.05, 4.69) is 26.0 Å². The van der Waals surface area contributed by atoms with Crippen molar-refractivity contribution in [3.05, 3.63) is 23.5 Å². The van der Waals surface area contributed by atoms with E-state index >= 15 is 0 Å². The molecule has 4 aliphatic carbocycles. The van der Waals surface area contributed by atoms with Gasteiger partial charge in [-0.05, 0) is 79.8 Å². The van der Waals surface area contributed by atoms with E-state index in [-0.39, 0.29) is 17.0 Å². The molecule has 0 aromatic carbocycles. The van der Waals surface area contributed by atoms with Gasteiger partial charge in [0.05, 0.1) is 12.9 Å². The van der Waals surface area contributed by atoms with Crippen molar-refractivity contribution in [3.8, 4) is 0 Å². The minimum absolute atomic E-state index is 0.0382. The molecule has 142 valence electrons. The highest BCUT2D eigenvalue weighted by atomic mass is 16.6. The number of hydrogen-bond donors (Lipinski definition) is 0. The number of carbonyl (C=O) groups is 1. The molecule has 26 heavy (non-hydrogen) atoms. The van der Waals surface area contributed by atoms with Crippen LogP contribution in [0.4, 0.5) is 0 Å². The largest absolute Gasteiger partial charge is 0.501 e. The lowest BCUT2D eigenvalue weighted by molar-refractivity contribution is -0.167. The minimum atomic E-state index is -0.152. The second-order valence-electron chi connectivity index (χ2n) is 9.97. The van der Waals surface area contributed by atoms with E-state index in [0.717, 1.165) is 36.9 Å². The van der Waals surface area contributed by atoms with Crippen LogP contribution in [0.3, 0.4) is 0 Å². The molecular formula is C23H32O3. The summed E-state index contributed by atoms with van der Waals surface area (Å²) >= 11 is 0. The Morgan fingerprint density at radius 2 is 1.88 bits per heavy atom. The molecule has 1 aliphatic heterocycles. The highest BCUT2D eigenvalue weighted by Gasteiger charge is 2.66. The number of esters is 1. The summed E-state index contributed by atoms with van der Waals surface area (Å²) in [5.41, 5.74) is 1.85. The summed E-state index contributed by atoms with van der Waals surface area (Å²) < 4.78 is 11.6. The fourth-order valence-electron chi connectivity index (χ4n) is 7.76. The Bertz CT molecular complexity index is 706. The van der Waals surface area contributed by atoms with E-state index in [1.165, 1.54) is 37.7 Å². The lowest BCUT2D eigenvalue weighted by atomic mass is 9.47. The molecule has 2 unspecified atom stereocenters. The summed E-state index contributed by atoms with van der Waals surface area (Å²) in [6, 6.07) is 0. The molecular weight excluding hydrogens is 324 g/mol. The van der Waals surface area contributed by atoms with E-state index in [0.29, 0.717) is 17.8 Å². The Morgan fingerprint density at radius 3 is 2.62 bits per heavy atom. The first-order chi connectivity index (χ1) is 12.4. The molecule has 3 heteroatoms. The first kappa shape index (κ1) is 16.9. The number of allylic oxidation sites excluding steroid dienone is 4.